The topological polar surface area (TPSA) is 0 Å². The number of hydrogen-bond acceptors (Lipinski definition) is 0. The molecule has 1 atom stereocenters. The minimum absolute atomic E-state index is 0.0956. The van der Waals surface area contributed by atoms with E-state index in [0.29, 0.717) is 5.92 Å². The van der Waals surface area contributed by atoms with Crippen LogP contribution in [0.1, 0.15) is 23.6 Å². The first-order valence-electron chi connectivity index (χ1n) is 4.92. The van der Waals surface area contributed by atoms with Gasteiger partial charge in [-0.1, -0.05) is 19.1 Å². The second kappa shape index (κ2) is 4.41. The van der Waals surface area contributed by atoms with Crippen molar-refractivity contribution in [3.05, 3.63) is 47.3 Å². The van der Waals surface area contributed by atoms with E-state index in [1.54, 1.807) is 6.07 Å². The van der Waals surface area contributed by atoms with Crippen LogP contribution in [-0.4, -0.2) is 0 Å². The Labute approximate surface area is 85.5 Å². The molecule has 76 valence electrons. The predicted molar refractivity (Wildman–Crippen MR) is 58.9 cm³/mol. The van der Waals surface area contributed by atoms with Crippen LogP contribution in [-0.2, 0) is 6.42 Å². The predicted octanol–water partition coefficient (Wildman–Crippen LogP) is 3.81. The van der Waals surface area contributed by atoms with Gasteiger partial charge in [0.05, 0.1) is 0 Å². The van der Waals surface area contributed by atoms with E-state index in [9.17, 15) is 4.39 Å². The average Bonchev–Trinajstić information content (AvgIpc) is 2.14. The van der Waals surface area contributed by atoms with Crippen LogP contribution in [0.25, 0.3) is 0 Å². The Morgan fingerprint density at radius 2 is 1.93 bits per heavy atom. The third kappa shape index (κ3) is 2.44. The van der Waals surface area contributed by atoms with Crippen molar-refractivity contribution in [3.8, 4) is 0 Å². The molecule has 0 aliphatic carbocycles. The number of hydrogen-bond donors (Lipinski definition) is 0. The molecule has 0 spiro atoms. The lowest BCUT2D eigenvalue weighted by Gasteiger charge is -2.09. The molecule has 1 unspecified atom stereocenters. The maximum absolute atomic E-state index is 13.5. The van der Waals surface area contributed by atoms with Crippen molar-refractivity contribution in [1.82, 2.24) is 0 Å². The number of benzene rings is 1. The molecule has 0 aliphatic heterocycles. The van der Waals surface area contributed by atoms with Crippen molar-refractivity contribution in [2.45, 2.75) is 27.2 Å². The van der Waals surface area contributed by atoms with Gasteiger partial charge in [0.15, 0.2) is 0 Å². The van der Waals surface area contributed by atoms with Crippen LogP contribution in [0.2, 0.25) is 0 Å². The third-order valence-electron chi connectivity index (χ3n) is 2.61. The quantitative estimate of drug-likeness (QED) is 0.639. The molecule has 1 rings (SSSR count). The first-order valence-corrected chi connectivity index (χ1v) is 4.92. The highest BCUT2D eigenvalue weighted by Gasteiger charge is 2.07. The Morgan fingerprint density at radius 1 is 1.36 bits per heavy atom. The zero-order valence-electron chi connectivity index (χ0n) is 9.10. The Kier molecular flexibility index (Phi) is 3.45. The molecule has 0 aromatic heterocycles. The van der Waals surface area contributed by atoms with E-state index in [1.165, 1.54) is 0 Å². The van der Waals surface area contributed by atoms with Gasteiger partial charge in [-0.3, -0.25) is 0 Å². The Hall–Kier alpha value is -1.11. The molecule has 0 radical (unpaired) electrons. The lowest BCUT2D eigenvalue weighted by molar-refractivity contribution is 0.590. The summed E-state index contributed by atoms with van der Waals surface area (Å²) in [5.41, 5.74) is 2.95. The van der Waals surface area contributed by atoms with Crippen LogP contribution in [0.15, 0.2) is 24.8 Å². The van der Waals surface area contributed by atoms with E-state index in [-0.39, 0.29) is 5.82 Å². The summed E-state index contributed by atoms with van der Waals surface area (Å²) >= 11 is 0. The smallest absolute Gasteiger partial charge is 0.126 e. The summed E-state index contributed by atoms with van der Waals surface area (Å²) in [5.74, 6) is 0.230. The standard InChI is InChI=1S/C13H17F/c1-5-9(2)6-12-7-10(3)11(4)8-13(12)14/h5,7-9H,1,6H2,2-4H3. The SMILES string of the molecule is C=CC(C)Cc1cc(C)c(C)cc1F. The van der Waals surface area contributed by atoms with Gasteiger partial charge in [0.25, 0.3) is 0 Å². The fraction of sp³-hybridized carbons (Fsp3) is 0.385. The highest BCUT2D eigenvalue weighted by molar-refractivity contribution is 5.31. The molecule has 14 heavy (non-hydrogen) atoms. The highest BCUT2D eigenvalue weighted by atomic mass is 19.1. The van der Waals surface area contributed by atoms with E-state index in [2.05, 4.69) is 6.58 Å². The van der Waals surface area contributed by atoms with E-state index in [0.717, 1.165) is 23.1 Å². The molecular weight excluding hydrogens is 175 g/mol. The van der Waals surface area contributed by atoms with E-state index >= 15 is 0 Å². The zero-order chi connectivity index (χ0) is 10.7. The molecule has 0 heterocycles. The normalized spacial score (nSPS) is 12.6. The van der Waals surface area contributed by atoms with Crippen LogP contribution >= 0.6 is 0 Å². The lowest BCUT2D eigenvalue weighted by Crippen LogP contribution is -2.00. The van der Waals surface area contributed by atoms with Gasteiger partial charge >= 0.3 is 0 Å². The summed E-state index contributed by atoms with van der Waals surface area (Å²) < 4.78 is 13.5. The van der Waals surface area contributed by atoms with E-state index in [1.807, 2.05) is 32.9 Å². The Bertz CT molecular complexity index is 339. The largest absolute Gasteiger partial charge is 0.207 e. The molecule has 0 bridgehead atoms. The molecule has 0 aliphatic rings. The molecule has 0 nitrogen and oxygen atoms in total. The van der Waals surface area contributed by atoms with Crippen molar-refractivity contribution in [2.75, 3.05) is 0 Å². The Balaban J connectivity index is 2.97. The molecule has 0 saturated carbocycles. The first-order chi connectivity index (χ1) is 6.54. The summed E-state index contributed by atoms with van der Waals surface area (Å²) in [6.45, 7) is 9.69. The summed E-state index contributed by atoms with van der Waals surface area (Å²) in [6, 6.07) is 3.55. The minimum atomic E-state index is -0.0956. The third-order valence-corrected chi connectivity index (χ3v) is 2.61. The van der Waals surface area contributed by atoms with Gasteiger partial charge in [-0.15, -0.1) is 6.58 Å². The van der Waals surface area contributed by atoms with Gasteiger partial charge in [0.1, 0.15) is 5.82 Å². The molecule has 1 aromatic rings. The number of rotatable bonds is 3. The monoisotopic (exact) mass is 192 g/mol. The van der Waals surface area contributed by atoms with Crippen LogP contribution in [0.3, 0.4) is 0 Å². The summed E-state index contributed by atoms with van der Waals surface area (Å²) in [5, 5.41) is 0. The van der Waals surface area contributed by atoms with Gasteiger partial charge in [0.2, 0.25) is 0 Å². The van der Waals surface area contributed by atoms with Crippen LogP contribution < -0.4 is 0 Å². The van der Waals surface area contributed by atoms with Gasteiger partial charge in [-0.2, -0.15) is 0 Å². The number of halogens is 1. The molecule has 0 N–H and O–H groups in total. The van der Waals surface area contributed by atoms with Crippen LogP contribution in [0.4, 0.5) is 4.39 Å². The Morgan fingerprint density at radius 3 is 2.50 bits per heavy atom. The van der Waals surface area contributed by atoms with Crippen LogP contribution in [0.5, 0.6) is 0 Å². The van der Waals surface area contributed by atoms with E-state index in [4.69, 9.17) is 0 Å². The van der Waals surface area contributed by atoms with Gasteiger partial charge in [-0.05, 0) is 48.9 Å². The molecule has 1 aromatic carbocycles. The zero-order valence-corrected chi connectivity index (χ0v) is 9.10. The van der Waals surface area contributed by atoms with Crippen molar-refractivity contribution < 1.29 is 4.39 Å². The fourth-order valence-electron chi connectivity index (χ4n) is 1.43. The summed E-state index contributed by atoms with van der Waals surface area (Å²) in [4.78, 5) is 0. The second-order valence-electron chi connectivity index (χ2n) is 3.94. The second-order valence-corrected chi connectivity index (χ2v) is 3.94. The number of aryl methyl sites for hydroxylation is 2. The molecule has 1 heteroatoms. The van der Waals surface area contributed by atoms with Crippen LogP contribution in [0, 0.1) is 25.6 Å². The maximum atomic E-state index is 13.5. The highest BCUT2D eigenvalue weighted by Crippen LogP contribution is 2.18. The first kappa shape index (κ1) is 11.0. The maximum Gasteiger partial charge on any atom is 0.126 e. The van der Waals surface area contributed by atoms with Crippen molar-refractivity contribution in [2.24, 2.45) is 5.92 Å². The summed E-state index contributed by atoms with van der Waals surface area (Å²) in [7, 11) is 0. The fourth-order valence-corrected chi connectivity index (χ4v) is 1.43. The molecule has 0 saturated heterocycles. The van der Waals surface area contributed by atoms with Crippen molar-refractivity contribution >= 4 is 0 Å². The molecule has 0 amide bonds. The van der Waals surface area contributed by atoms with Crippen molar-refractivity contribution in [1.29, 1.82) is 0 Å². The average molecular weight is 192 g/mol. The molecular formula is C13H17F. The van der Waals surface area contributed by atoms with Crippen molar-refractivity contribution in [3.63, 3.8) is 0 Å². The lowest BCUT2D eigenvalue weighted by atomic mass is 9.97. The van der Waals surface area contributed by atoms with E-state index < -0.39 is 0 Å². The van der Waals surface area contributed by atoms with Gasteiger partial charge in [-0.25, -0.2) is 4.39 Å². The minimum Gasteiger partial charge on any atom is -0.207 e. The summed E-state index contributed by atoms with van der Waals surface area (Å²) in [6.07, 6.45) is 2.59. The molecule has 0 fully saturated rings. The number of allylic oxidation sites excluding steroid dienone is 1. The van der Waals surface area contributed by atoms with Gasteiger partial charge in [0, 0.05) is 0 Å². The van der Waals surface area contributed by atoms with Gasteiger partial charge < -0.3 is 0 Å².